The minimum absolute atomic E-state index is 0.0607. The lowest BCUT2D eigenvalue weighted by atomic mass is 9.97. The molecule has 1 N–H and O–H groups in total. The third kappa shape index (κ3) is 5.80. The first kappa shape index (κ1) is 19.8. The quantitative estimate of drug-likeness (QED) is 0.661. The van der Waals surface area contributed by atoms with Crippen molar-refractivity contribution in [2.24, 2.45) is 0 Å². The molecule has 140 valence electrons. The molecule has 4 nitrogen and oxygen atoms in total. The number of hydrogen-bond acceptors (Lipinski definition) is 3. The Bertz CT molecular complexity index is 710. The number of hydrogen-bond donors (Lipinski definition) is 1. The highest BCUT2D eigenvalue weighted by atomic mass is 16.5. The standard InChI is InChI=1S/C22H29NO3/c1-5-21(20-13-8-16(2)15-17(20)3)23-22(24)7-6-14-26-19-11-9-18(25-4)10-12-19/h8-13,15,21H,5-7,14H2,1-4H3,(H,23,24). The molecule has 0 aliphatic rings. The summed E-state index contributed by atoms with van der Waals surface area (Å²) in [4.78, 5) is 12.3. The van der Waals surface area contributed by atoms with Crippen molar-refractivity contribution in [2.45, 2.75) is 46.1 Å². The number of amides is 1. The molecule has 2 aromatic carbocycles. The zero-order chi connectivity index (χ0) is 18.9. The highest BCUT2D eigenvalue weighted by Gasteiger charge is 2.14. The van der Waals surface area contributed by atoms with Crippen LogP contribution >= 0.6 is 0 Å². The van der Waals surface area contributed by atoms with E-state index in [1.54, 1.807) is 7.11 Å². The van der Waals surface area contributed by atoms with Crippen LogP contribution in [-0.4, -0.2) is 19.6 Å². The van der Waals surface area contributed by atoms with Gasteiger partial charge < -0.3 is 14.8 Å². The highest BCUT2D eigenvalue weighted by molar-refractivity contribution is 5.76. The van der Waals surface area contributed by atoms with Crippen LogP contribution in [0.3, 0.4) is 0 Å². The minimum Gasteiger partial charge on any atom is -0.497 e. The molecule has 0 radical (unpaired) electrons. The van der Waals surface area contributed by atoms with Crippen LogP contribution in [0.2, 0.25) is 0 Å². The molecule has 0 aromatic heterocycles. The van der Waals surface area contributed by atoms with Crippen LogP contribution in [0.5, 0.6) is 11.5 Å². The van der Waals surface area contributed by atoms with Crippen LogP contribution in [0.15, 0.2) is 42.5 Å². The molecule has 0 aliphatic carbocycles. The summed E-state index contributed by atoms with van der Waals surface area (Å²) in [5, 5.41) is 3.15. The van der Waals surface area contributed by atoms with Crippen molar-refractivity contribution >= 4 is 5.91 Å². The molecule has 2 rings (SSSR count). The van der Waals surface area contributed by atoms with Crippen molar-refractivity contribution in [3.63, 3.8) is 0 Å². The van der Waals surface area contributed by atoms with Gasteiger partial charge >= 0.3 is 0 Å². The Balaban J connectivity index is 1.77. The maximum absolute atomic E-state index is 12.3. The van der Waals surface area contributed by atoms with E-state index in [-0.39, 0.29) is 11.9 Å². The maximum Gasteiger partial charge on any atom is 0.220 e. The second-order valence-electron chi connectivity index (χ2n) is 6.52. The molecule has 2 aromatic rings. The minimum atomic E-state index is 0.0607. The zero-order valence-corrected chi connectivity index (χ0v) is 16.2. The molecular weight excluding hydrogens is 326 g/mol. The fraction of sp³-hybridized carbons (Fsp3) is 0.409. The van der Waals surface area contributed by atoms with Crippen LogP contribution in [-0.2, 0) is 4.79 Å². The molecule has 1 amide bonds. The normalized spacial score (nSPS) is 11.7. The van der Waals surface area contributed by atoms with Crippen molar-refractivity contribution in [1.82, 2.24) is 5.32 Å². The van der Waals surface area contributed by atoms with Gasteiger partial charge in [-0.1, -0.05) is 30.7 Å². The Morgan fingerprint density at radius 1 is 1.08 bits per heavy atom. The van der Waals surface area contributed by atoms with Crippen LogP contribution in [0.25, 0.3) is 0 Å². The largest absolute Gasteiger partial charge is 0.497 e. The molecule has 0 heterocycles. The summed E-state index contributed by atoms with van der Waals surface area (Å²) < 4.78 is 10.8. The average molecular weight is 355 g/mol. The zero-order valence-electron chi connectivity index (χ0n) is 16.2. The number of methoxy groups -OCH3 is 1. The van der Waals surface area contributed by atoms with Crippen molar-refractivity contribution < 1.29 is 14.3 Å². The molecule has 0 fully saturated rings. The van der Waals surface area contributed by atoms with E-state index >= 15 is 0 Å². The molecule has 1 atom stereocenters. The number of ether oxygens (including phenoxy) is 2. The fourth-order valence-corrected chi connectivity index (χ4v) is 2.98. The van der Waals surface area contributed by atoms with E-state index in [9.17, 15) is 4.79 Å². The fourth-order valence-electron chi connectivity index (χ4n) is 2.98. The van der Waals surface area contributed by atoms with Gasteiger partial charge in [0.05, 0.1) is 19.8 Å². The molecule has 0 aliphatic heterocycles. The monoisotopic (exact) mass is 355 g/mol. The lowest BCUT2D eigenvalue weighted by Crippen LogP contribution is -2.28. The third-order valence-corrected chi connectivity index (χ3v) is 4.42. The molecular formula is C22H29NO3. The predicted molar refractivity (Wildman–Crippen MR) is 105 cm³/mol. The van der Waals surface area contributed by atoms with E-state index < -0.39 is 0 Å². The first-order valence-electron chi connectivity index (χ1n) is 9.16. The lowest BCUT2D eigenvalue weighted by molar-refractivity contribution is -0.122. The summed E-state index contributed by atoms with van der Waals surface area (Å²) in [6.45, 7) is 6.79. The molecule has 4 heteroatoms. The molecule has 0 saturated heterocycles. The summed E-state index contributed by atoms with van der Waals surface area (Å²) in [5.74, 6) is 1.65. The smallest absolute Gasteiger partial charge is 0.220 e. The second kappa shape index (κ2) is 9.85. The van der Waals surface area contributed by atoms with Gasteiger partial charge in [0.15, 0.2) is 0 Å². The Kier molecular flexibility index (Phi) is 7.52. The number of rotatable bonds is 9. The van der Waals surface area contributed by atoms with Gasteiger partial charge in [0.25, 0.3) is 0 Å². The van der Waals surface area contributed by atoms with Gasteiger partial charge in [-0.25, -0.2) is 0 Å². The Morgan fingerprint density at radius 3 is 2.38 bits per heavy atom. The summed E-state index contributed by atoms with van der Waals surface area (Å²) in [6, 6.07) is 13.9. The van der Waals surface area contributed by atoms with Crippen LogP contribution in [0.1, 0.15) is 48.9 Å². The van der Waals surface area contributed by atoms with Gasteiger partial charge in [0.1, 0.15) is 11.5 Å². The topological polar surface area (TPSA) is 47.6 Å². The molecule has 1 unspecified atom stereocenters. The highest BCUT2D eigenvalue weighted by Crippen LogP contribution is 2.22. The van der Waals surface area contributed by atoms with E-state index in [0.717, 1.165) is 17.9 Å². The van der Waals surface area contributed by atoms with E-state index in [4.69, 9.17) is 9.47 Å². The Morgan fingerprint density at radius 2 is 1.77 bits per heavy atom. The van der Waals surface area contributed by atoms with E-state index in [2.05, 4.69) is 44.3 Å². The van der Waals surface area contributed by atoms with Gasteiger partial charge in [0, 0.05) is 6.42 Å². The lowest BCUT2D eigenvalue weighted by Gasteiger charge is -2.20. The number of nitrogens with one attached hydrogen (secondary N) is 1. The summed E-state index contributed by atoms with van der Waals surface area (Å²) >= 11 is 0. The predicted octanol–water partition coefficient (Wildman–Crippen LogP) is 4.74. The van der Waals surface area contributed by atoms with Crippen molar-refractivity contribution in [3.8, 4) is 11.5 Å². The maximum atomic E-state index is 12.3. The van der Waals surface area contributed by atoms with Crippen LogP contribution < -0.4 is 14.8 Å². The number of carbonyl (C=O) groups excluding carboxylic acids is 1. The van der Waals surface area contributed by atoms with Gasteiger partial charge in [0.2, 0.25) is 5.91 Å². The van der Waals surface area contributed by atoms with E-state index in [0.29, 0.717) is 19.4 Å². The van der Waals surface area contributed by atoms with Gasteiger partial charge in [-0.05, 0) is 62.1 Å². The van der Waals surface area contributed by atoms with E-state index in [1.165, 1.54) is 16.7 Å². The summed E-state index contributed by atoms with van der Waals surface area (Å²) in [5.41, 5.74) is 3.66. The van der Waals surface area contributed by atoms with E-state index in [1.807, 2.05) is 24.3 Å². The second-order valence-corrected chi connectivity index (χ2v) is 6.52. The number of benzene rings is 2. The van der Waals surface area contributed by atoms with Crippen LogP contribution in [0.4, 0.5) is 0 Å². The average Bonchev–Trinajstić information content (AvgIpc) is 2.64. The molecule has 26 heavy (non-hydrogen) atoms. The Hall–Kier alpha value is -2.49. The Labute approximate surface area is 156 Å². The van der Waals surface area contributed by atoms with Crippen molar-refractivity contribution in [1.29, 1.82) is 0 Å². The first-order chi connectivity index (χ1) is 12.5. The van der Waals surface area contributed by atoms with Crippen LogP contribution in [0, 0.1) is 13.8 Å². The van der Waals surface area contributed by atoms with Gasteiger partial charge in [-0.3, -0.25) is 4.79 Å². The SMILES string of the molecule is CCC(NC(=O)CCCOc1ccc(OC)cc1)c1ccc(C)cc1C. The summed E-state index contributed by atoms with van der Waals surface area (Å²) in [7, 11) is 1.64. The van der Waals surface area contributed by atoms with Crippen molar-refractivity contribution in [2.75, 3.05) is 13.7 Å². The number of aryl methyl sites for hydroxylation is 2. The number of carbonyl (C=O) groups is 1. The molecule has 0 bridgehead atoms. The molecule has 0 spiro atoms. The summed E-state index contributed by atoms with van der Waals surface area (Å²) in [6.07, 6.45) is 2.01. The molecule has 0 saturated carbocycles. The van der Waals surface area contributed by atoms with Gasteiger partial charge in [-0.2, -0.15) is 0 Å². The van der Waals surface area contributed by atoms with Crippen molar-refractivity contribution in [3.05, 3.63) is 59.2 Å². The first-order valence-corrected chi connectivity index (χ1v) is 9.16. The third-order valence-electron chi connectivity index (χ3n) is 4.42. The van der Waals surface area contributed by atoms with Gasteiger partial charge in [-0.15, -0.1) is 0 Å².